The highest BCUT2D eigenvalue weighted by Gasteiger charge is 2.38. The van der Waals surface area contributed by atoms with Gasteiger partial charge < -0.3 is 19.6 Å². The Morgan fingerprint density at radius 2 is 1.73 bits per heavy atom. The van der Waals surface area contributed by atoms with Crippen LogP contribution in [0.1, 0.15) is 25.7 Å². The molecule has 1 atom stereocenters. The van der Waals surface area contributed by atoms with E-state index in [1.807, 2.05) is 18.2 Å². The Hall–Kier alpha value is -2.57. The van der Waals surface area contributed by atoms with Crippen LogP contribution < -0.4 is 4.74 Å². The second-order valence-electron chi connectivity index (χ2n) is 6.78. The van der Waals surface area contributed by atoms with Crippen molar-refractivity contribution in [1.29, 1.82) is 0 Å². The molecule has 7 nitrogen and oxygen atoms in total. The fraction of sp³-hybridized carbons (Fsp3) is 0.526. The monoisotopic (exact) mass is 360 g/mol. The third-order valence-corrected chi connectivity index (χ3v) is 5.12. The van der Waals surface area contributed by atoms with Gasteiger partial charge in [0.1, 0.15) is 11.8 Å². The fourth-order valence-corrected chi connectivity index (χ4v) is 3.65. The van der Waals surface area contributed by atoms with Crippen LogP contribution in [0.15, 0.2) is 30.3 Å². The minimum Gasteiger partial charge on any atom is -0.484 e. The summed E-state index contributed by atoms with van der Waals surface area (Å²) in [5, 5.41) is 9.24. The summed E-state index contributed by atoms with van der Waals surface area (Å²) < 4.78 is 5.49. The van der Waals surface area contributed by atoms with Gasteiger partial charge in [0.15, 0.2) is 6.61 Å². The number of likely N-dealkylation sites (tertiary alicyclic amines) is 2. The fourth-order valence-electron chi connectivity index (χ4n) is 3.65. The molecule has 2 aliphatic heterocycles. The first-order valence-corrected chi connectivity index (χ1v) is 9.05. The molecule has 2 amide bonds. The van der Waals surface area contributed by atoms with Gasteiger partial charge in [0, 0.05) is 25.6 Å². The van der Waals surface area contributed by atoms with E-state index in [2.05, 4.69) is 0 Å². The molecule has 7 heteroatoms. The van der Waals surface area contributed by atoms with Crippen LogP contribution in [0.25, 0.3) is 0 Å². The predicted octanol–water partition coefficient (Wildman–Crippen LogP) is 1.38. The number of aliphatic carboxylic acids is 1. The van der Waals surface area contributed by atoms with Crippen LogP contribution in [0.5, 0.6) is 5.75 Å². The molecule has 0 spiro atoms. The number of carboxylic acids is 1. The van der Waals surface area contributed by atoms with Crippen molar-refractivity contribution in [2.45, 2.75) is 31.7 Å². The second-order valence-corrected chi connectivity index (χ2v) is 6.78. The molecule has 26 heavy (non-hydrogen) atoms. The van der Waals surface area contributed by atoms with E-state index in [-0.39, 0.29) is 24.3 Å². The Bertz CT molecular complexity index is 655. The highest BCUT2D eigenvalue weighted by atomic mass is 16.5. The van der Waals surface area contributed by atoms with Gasteiger partial charge in [-0.2, -0.15) is 0 Å². The molecular weight excluding hydrogens is 336 g/mol. The lowest BCUT2D eigenvalue weighted by Gasteiger charge is -2.34. The number of ether oxygens (including phenoxy) is 1. The first kappa shape index (κ1) is 18.2. The predicted molar refractivity (Wildman–Crippen MR) is 93.6 cm³/mol. The summed E-state index contributed by atoms with van der Waals surface area (Å²) in [4.78, 5) is 39.4. The van der Waals surface area contributed by atoms with Crippen LogP contribution in [0.2, 0.25) is 0 Å². The van der Waals surface area contributed by atoms with Gasteiger partial charge in [0.05, 0.1) is 0 Å². The maximum atomic E-state index is 12.6. The average molecular weight is 360 g/mol. The third-order valence-electron chi connectivity index (χ3n) is 5.12. The van der Waals surface area contributed by atoms with E-state index in [0.717, 1.165) is 6.42 Å². The molecule has 2 heterocycles. The van der Waals surface area contributed by atoms with E-state index in [4.69, 9.17) is 4.74 Å². The quantitative estimate of drug-likeness (QED) is 0.857. The van der Waals surface area contributed by atoms with Crippen molar-refractivity contribution >= 4 is 17.8 Å². The van der Waals surface area contributed by atoms with Gasteiger partial charge in [-0.1, -0.05) is 18.2 Å². The molecule has 2 fully saturated rings. The first-order valence-electron chi connectivity index (χ1n) is 9.05. The number of carbonyl (C=O) groups excluding carboxylic acids is 2. The van der Waals surface area contributed by atoms with Gasteiger partial charge in [0.2, 0.25) is 5.91 Å². The number of benzene rings is 1. The average Bonchev–Trinajstić information content (AvgIpc) is 3.16. The molecular formula is C19H24N2O5. The van der Waals surface area contributed by atoms with Gasteiger partial charge >= 0.3 is 5.97 Å². The summed E-state index contributed by atoms with van der Waals surface area (Å²) in [6.45, 7) is 1.49. The zero-order valence-electron chi connectivity index (χ0n) is 14.7. The topological polar surface area (TPSA) is 87.2 Å². The van der Waals surface area contributed by atoms with Gasteiger partial charge in [-0.3, -0.25) is 9.59 Å². The molecule has 2 saturated heterocycles. The number of carbonyl (C=O) groups is 3. The van der Waals surface area contributed by atoms with Crippen molar-refractivity contribution < 1.29 is 24.2 Å². The van der Waals surface area contributed by atoms with Crippen LogP contribution in [0.4, 0.5) is 0 Å². The molecule has 0 unspecified atom stereocenters. The maximum absolute atomic E-state index is 12.6. The first-order chi connectivity index (χ1) is 12.6. The van der Waals surface area contributed by atoms with Crippen molar-refractivity contribution in [2.24, 2.45) is 5.92 Å². The molecule has 0 bridgehead atoms. The zero-order valence-corrected chi connectivity index (χ0v) is 14.7. The number of rotatable bonds is 5. The van der Waals surface area contributed by atoms with Crippen LogP contribution in [0.3, 0.4) is 0 Å². The molecule has 0 aliphatic carbocycles. The van der Waals surface area contributed by atoms with Crippen molar-refractivity contribution in [3.8, 4) is 5.75 Å². The summed E-state index contributed by atoms with van der Waals surface area (Å²) in [6.07, 6.45) is 2.39. The summed E-state index contributed by atoms with van der Waals surface area (Å²) in [5.74, 6) is -0.651. The highest BCUT2D eigenvalue weighted by molar-refractivity contribution is 5.86. The van der Waals surface area contributed by atoms with Crippen molar-refractivity contribution in [3.63, 3.8) is 0 Å². The van der Waals surface area contributed by atoms with Crippen LogP contribution >= 0.6 is 0 Å². The number of piperidine rings is 1. The third kappa shape index (κ3) is 4.15. The zero-order chi connectivity index (χ0) is 18.5. The molecule has 0 saturated carbocycles. The van der Waals surface area contributed by atoms with E-state index in [1.165, 1.54) is 4.90 Å². The van der Waals surface area contributed by atoms with E-state index >= 15 is 0 Å². The summed E-state index contributed by atoms with van der Waals surface area (Å²) in [6, 6.07) is 8.48. The molecule has 140 valence electrons. The molecule has 2 aliphatic rings. The molecule has 1 aromatic rings. The molecule has 1 N–H and O–H groups in total. The number of carboxylic acid groups (broad SMARTS) is 1. The minimum atomic E-state index is -0.929. The van der Waals surface area contributed by atoms with Gasteiger partial charge in [-0.15, -0.1) is 0 Å². The Morgan fingerprint density at radius 3 is 2.38 bits per heavy atom. The molecule has 1 aromatic carbocycles. The standard InChI is InChI=1S/C19H24N2O5/c22-17(13-26-15-5-2-1-3-6-15)20-11-8-14(9-12-20)18(23)21-10-4-7-16(21)19(24)25/h1-3,5-6,14,16H,4,7-13H2,(H,24,25)/t16-/m1/s1. The lowest BCUT2D eigenvalue weighted by molar-refractivity contribution is -0.151. The van der Waals surface area contributed by atoms with Gasteiger partial charge in [0.25, 0.3) is 5.91 Å². The lowest BCUT2D eigenvalue weighted by Crippen LogP contribution is -2.48. The molecule has 0 radical (unpaired) electrons. The van der Waals surface area contributed by atoms with Crippen molar-refractivity contribution in [3.05, 3.63) is 30.3 Å². The number of para-hydroxylation sites is 1. The van der Waals surface area contributed by atoms with E-state index in [1.54, 1.807) is 17.0 Å². The van der Waals surface area contributed by atoms with Gasteiger partial charge in [-0.05, 0) is 37.8 Å². The number of hydrogen-bond donors (Lipinski definition) is 1. The number of nitrogens with zero attached hydrogens (tertiary/aromatic N) is 2. The largest absolute Gasteiger partial charge is 0.484 e. The smallest absolute Gasteiger partial charge is 0.326 e. The van der Waals surface area contributed by atoms with E-state index in [9.17, 15) is 19.5 Å². The molecule has 0 aromatic heterocycles. The SMILES string of the molecule is O=C(O)[C@H]1CCCN1C(=O)C1CCN(C(=O)COc2ccccc2)CC1. The summed E-state index contributed by atoms with van der Waals surface area (Å²) in [7, 11) is 0. The Balaban J connectivity index is 1.47. The Labute approximate surface area is 152 Å². The van der Waals surface area contributed by atoms with Gasteiger partial charge in [-0.25, -0.2) is 4.79 Å². The van der Waals surface area contributed by atoms with Crippen molar-refractivity contribution in [1.82, 2.24) is 9.80 Å². The molecule has 3 rings (SSSR count). The van der Waals surface area contributed by atoms with Crippen LogP contribution in [-0.4, -0.2) is 65.0 Å². The second kappa shape index (κ2) is 8.21. The normalized spacial score (nSPS) is 20.8. The Kier molecular flexibility index (Phi) is 5.75. The summed E-state index contributed by atoms with van der Waals surface area (Å²) in [5.41, 5.74) is 0. The number of amides is 2. The lowest BCUT2D eigenvalue weighted by atomic mass is 9.95. The van der Waals surface area contributed by atoms with Crippen molar-refractivity contribution in [2.75, 3.05) is 26.2 Å². The van der Waals surface area contributed by atoms with Crippen LogP contribution in [-0.2, 0) is 14.4 Å². The van der Waals surface area contributed by atoms with Crippen LogP contribution in [0, 0.1) is 5.92 Å². The van der Waals surface area contributed by atoms with E-state index in [0.29, 0.717) is 44.6 Å². The minimum absolute atomic E-state index is 0.0180. The number of hydrogen-bond acceptors (Lipinski definition) is 4. The Morgan fingerprint density at radius 1 is 1.04 bits per heavy atom. The maximum Gasteiger partial charge on any atom is 0.326 e. The highest BCUT2D eigenvalue weighted by Crippen LogP contribution is 2.25. The summed E-state index contributed by atoms with van der Waals surface area (Å²) >= 11 is 0. The van der Waals surface area contributed by atoms with E-state index < -0.39 is 12.0 Å².